The number of unbranched alkanes of at least 4 members (excludes halogenated alkanes) is 1. The van der Waals surface area contributed by atoms with Crippen molar-refractivity contribution in [2.75, 3.05) is 6.54 Å². The number of hydrogen-bond donors (Lipinski definition) is 2. The van der Waals surface area contributed by atoms with Crippen LogP contribution in [-0.2, 0) is 11.3 Å². The van der Waals surface area contributed by atoms with Crippen molar-refractivity contribution < 1.29 is 19.5 Å². The van der Waals surface area contributed by atoms with Crippen LogP contribution in [0.2, 0.25) is 0 Å². The van der Waals surface area contributed by atoms with Gasteiger partial charge < -0.3 is 9.64 Å². The van der Waals surface area contributed by atoms with Crippen LogP contribution in [0.4, 0.5) is 4.79 Å². The van der Waals surface area contributed by atoms with Crippen molar-refractivity contribution in [2.45, 2.75) is 52.7 Å². The molecule has 2 amide bonds. The van der Waals surface area contributed by atoms with Gasteiger partial charge in [0.15, 0.2) is 0 Å². The van der Waals surface area contributed by atoms with Gasteiger partial charge in [-0.05, 0) is 44.9 Å². The van der Waals surface area contributed by atoms with E-state index in [1.54, 1.807) is 34.6 Å². The predicted molar refractivity (Wildman–Crippen MR) is 87.2 cm³/mol. The highest BCUT2D eigenvalue weighted by Gasteiger charge is 2.22. The predicted octanol–water partition coefficient (Wildman–Crippen LogP) is 3.34. The molecule has 23 heavy (non-hydrogen) atoms. The summed E-state index contributed by atoms with van der Waals surface area (Å²) in [5.41, 5.74) is 2.30. The third kappa shape index (κ3) is 6.69. The minimum Gasteiger partial charge on any atom is -0.444 e. The van der Waals surface area contributed by atoms with Gasteiger partial charge in [-0.1, -0.05) is 25.5 Å². The molecule has 2 N–H and O–H groups in total. The van der Waals surface area contributed by atoms with Gasteiger partial charge in [0.1, 0.15) is 5.60 Å². The number of amides is 2. The molecule has 0 radical (unpaired) electrons. The molecule has 6 nitrogen and oxygen atoms in total. The minimum absolute atomic E-state index is 0.344. The summed E-state index contributed by atoms with van der Waals surface area (Å²) in [5.74, 6) is -0.563. The van der Waals surface area contributed by atoms with Gasteiger partial charge in [-0.15, -0.1) is 0 Å². The van der Waals surface area contributed by atoms with Crippen LogP contribution >= 0.6 is 0 Å². The third-order valence-corrected chi connectivity index (χ3v) is 3.12. The molecule has 0 unspecified atom stereocenters. The highest BCUT2D eigenvalue weighted by Crippen LogP contribution is 2.14. The second kappa shape index (κ2) is 8.53. The van der Waals surface area contributed by atoms with Gasteiger partial charge in [0.25, 0.3) is 5.91 Å². The van der Waals surface area contributed by atoms with Crippen LogP contribution in [0.15, 0.2) is 24.3 Å². The quantitative estimate of drug-likeness (QED) is 0.622. The van der Waals surface area contributed by atoms with Crippen LogP contribution in [0.3, 0.4) is 0 Å². The second-order valence-corrected chi connectivity index (χ2v) is 6.39. The second-order valence-electron chi connectivity index (χ2n) is 6.39. The van der Waals surface area contributed by atoms with Gasteiger partial charge in [-0.2, -0.15) is 0 Å². The summed E-state index contributed by atoms with van der Waals surface area (Å²) in [7, 11) is 0. The smallest absolute Gasteiger partial charge is 0.410 e. The molecule has 1 rings (SSSR count). The summed E-state index contributed by atoms with van der Waals surface area (Å²) >= 11 is 0. The van der Waals surface area contributed by atoms with Gasteiger partial charge in [0.05, 0.1) is 0 Å². The Bertz CT molecular complexity index is 520. The molecular weight excluding hydrogens is 296 g/mol. The van der Waals surface area contributed by atoms with Crippen molar-refractivity contribution in [1.29, 1.82) is 0 Å². The van der Waals surface area contributed by atoms with Crippen LogP contribution < -0.4 is 5.48 Å². The molecule has 0 aliphatic heterocycles. The summed E-state index contributed by atoms with van der Waals surface area (Å²) < 4.78 is 5.44. The summed E-state index contributed by atoms with van der Waals surface area (Å²) in [4.78, 5) is 25.3. The Morgan fingerprint density at radius 3 is 2.30 bits per heavy atom. The molecular formula is C17H26N2O4. The molecule has 0 aliphatic carbocycles. The Morgan fingerprint density at radius 1 is 1.22 bits per heavy atom. The molecule has 6 heteroatoms. The van der Waals surface area contributed by atoms with Crippen molar-refractivity contribution in [1.82, 2.24) is 10.4 Å². The summed E-state index contributed by atoms with van der Waals surface area (Å²) in [5, 5.41) is 8.61. The zero-order chi connectivity index (χ0) is 17.5. The van der Waals surface area contributed by atoms with Gasteiger partial charge in [-0.3, -0.25) is 10.0 Å². The lowest BCUT2D eigenvalue weighted by molar-refractivity contribution is 0.0231. The molecule has 1 aromatic rings. The van der Waals surface area contributed by atoms with Crippen molar-refractivity contribution in [2.24, 2.45) is 0 Å². The molecule has 0 aliphatic rings. The maximum atomic E-state index is 12.3. The first-order valence-electron chi connectivity index (χ1n) is 7.78. The first kappa shape index (κ1) is 19.0. The Kier molecular flexibility index (Phi) is 7.03. The number of hydroxylamine groups is 1. The number of nitrogens with zero attached hydrogens (tertiary/aromatic N) is 1. The SMILES string of the molecule is CCCCN(Cc1ccc(C(=O)NO)cc1)C(=O)OC(C)(C)C. The maximum Gasteiger partial charge on any atom is 0.410 e. The highest BCUT2D eigenvalue weighted by molar-refractivity contribution is 5.93. The lowest BCUT2D eigenvalue weighted by Gasteiger charge is -2.27. The zero-order valence-corrected chi connectivity index (χ0v) is 14.3. The molecule has 0 atom stereocenters. The molecule has 0 fully saturated rings. The molecule has 128 valence electrons. The number of carbonyl (C=O) groups is 2. The van der Waals surface area contributed by atoms with E-state index in [0.29, 0.717) is 18.7 Å². The van der Waals surface area contributed by atoms with E-state index in [1.165, 1.54) is 0 Å². The van der Waals surface area contributed by atoms with Crippen LogP contribution in [0.25, 0.3) is 0 Å². The number of ether oxygens (including phenoxy) is 1. The fourth-order valence-electron chi connectivity index (χ4n) is 1.96. The van der Waals surface area contributed by atoms with Crippen LogP contribution in [-0.4, -0.2) is 34.3 Å². The molecule has 0 heterocycles. The van der Waals surface area contributed by atoms with Gasteiger partial charge in [0, 0.05) is 18.7 Å². The Balaban J connectivity index is 2.80. The van der Waals surface area contributed by atoms with E-state index < -0.39 is 11.5 Å². The van der Waals surface area contributed by atoms with Crippen LogP contribution in [0, 0.1) is 0 Å². The number of benzene rings is 1. The summed E-state index contributed by atoms with van der Waals surface area (Å²) in [6.07, 6.45) is 1.53. The molecule has 0 spiro atoms. The molecule has 1 aromatic carbocycles. The van der Waals surface area contributed by atoms with Gasteiger partial charge in [0.2, 0.25) is 0 Å². The standard InChI is InChI=1S/C17H26N2O4/c1-5-6-11-19(16(21)23-17(2,3)4)12-13-7-9-14(10-8-13)15(20)18-22/h7-10,22H,5-6,11-12H2,1-4H3,(H,18,20). The molecule has 0 aromatic heterocycles. The normalized spacial score (nSPS) is 11.0. The summed E-state index contributed by atoms with van der Waals surface area (Å²) in [6, 6.07) is 6.73. The lowest BCUT2D eigenvalue weighted by atomic mass is 10.1. The van der Waals surface area contributed by atoms with E-state index in [4.69, 9.17) is 9.94 Å². The third-order valence-electron chi connectivity index (χ3n) is 3.12. The lowest BCUT2D eigenvalue weighted by Crippen LogP contribution is -2.37. The molecule has 0 saturated heterocycles. The molecule has 0 bridgehead atoms. The van der Waals surface area contributed by atoms with E-state index >= 15 is 0 Å². The average molecular weight is 322 g/mol. The minimum atomic E-state index is -0.563. The molecule has 0 saturated carbocycles. The summed E-state index contributed by atoms with van der Waals surface area (Å²) in [6.45, 7) is 8.61. The average Bonchev–Trinajstić information content (AvgIpc) is 2.49. The number of rotatable bonds is 6. The van der Waals surface area contributed by atoms with Crippen LogP contribution in [0.1, 0.15) is 56.5 Å². The van der Waals surface area contributed by atoms with E-state index in [-0.39, 0.29) is 6.09 Å². The first-order chi connectivity index (χ1) is 10.8. The van der Waals surface area contributed by atoms with Crippen LogP contribution in [0.5, 0.6) is 0 Å². The Labute approximate surface area is 137 Å². The zero-order valence-electron chi connectivity index (χ0n) is 14.3. The van der Waals surface area contributed by atoms with E-state index in [2.05, 4.69) is 6.92 Å². The van der Waals surface area contributed by atoms with E-state index in [9.17, 15) is 9.59 Å². The topological polar surface area (TPSA) is 78.9 Å². The maximum absolute atomic E-state index is 12.3. The van der Waals surface area contributed by atoms with Crippen molar-refractivity contribution in [3.8, 4) is 0 Å². The van der Waals surface area contributed by atoms with Crippen molar-refractivity contribution >= 4 is 12.0 Å². The fraction of sp³-hybridized carbons (Fsp3) is 0.529. The fourth-order valence-corrected chi connectivity index (χ4v) is 1.96. The van der Waals surface area contributed by atoms with Gasteiger partial charge in [-0.25, -0.2) is 10.3 Å². The van der Waals surface area contributed by atoms with Crippen molar-refractivity contribution in [3.63, 3.8) is 0 Å². The van der Waals surface area contributed by atoms with Crippen molar-refractivity contribution in [3.05, 3.63) is 35.4 Å². The number of hydrogen-bond acceptors (Lipinski definition) is 4. The van der Waals surface area contributed by atoms with Gasteiger partial charge >= 0.3 is 6.09 Å². The monoisotopic (exact) mass is 322 g/mol. The van der Waals surface area contributed by atoms with E-state index in [1.807, 2.05) is 20.8 Å². The largest absolute Gasteiger partial charge is 0.444 e. The Hall–Kier alpha value is -2.08. The highest BCUT2D eigenvalue weighted by atomic mass is 16.6. The number of nitrogens with one attached hydrogen (secondary N) is 1. The van der Waals surface area contributed by atoms with E-state index in [0.717, 1.165) is 18.4 Å². The number of carbonyl (C=O) groups excluding carboxylic acids is 2. The Morgan fingerprint density at radius 2 is 1.83 bits per heavy atom. The first-order valence-corrected chi connectivity index (χ1v) is 7.78.